The van der Waals surface area contributed by atoms with Gasteiger partial charge in [0.1, 0.15) is 6.04 Å². The molecule has 0 aromatic heterocycles. The Hall–Kier alpha value is -1.05. The number of halogens is 1. The molecule has 2 rings (SSSR count). The number of morpholine rings is 1. The maximum atomic E-state index is 12.2. The fourth-order valence-electron chi connectivity index (χ4n) is 2.25. The Morgan fingerprint density at radius 2 is 2.04 bits per heavy atom. The molecule has 1 heterocycles. The van der Waals surface area contributed by atoms with Crippen LogP contribution in [0.25, 0.3) is 0 Å². The first-order chi connectivity index (χ1) is 11.1. The average Bonchev–Trinajstić information content (AvgIpc) is 2.56. The minimum Gasteiger partial charge on any atom is -0.378 e. The Labute approximate surface area is 149 Å². The molecule has 0 saturated carbocycles. The van der Waals surface area contributed by atoms with E-state index in [1.54, 1.807) is 23.6 Å². The second-order valence-corrected chi connectivity index (χ2v) is 7.25. The molecule has 1 saturated heterocycles. The lowest BCUT2D eigenvalue weighted by Crippen LogP contribution is -2.50. The maximum Gasteiger partial charge on any atom is 0.245 e. The van der Waals surface area contributed by atoms with Crippen LogP contribution in [0.1, 0.15) is 13.3 Å². The predicted octanol–water partition coefficient (Wildman–Crippen LogP) is 2.29. The van der Waals surface area contributed by atoms with Gasteiger partial charge in [0.15, 0.2) is 0 Å². The van der Waals surface area contributed by atoms with Crippen LogP contribution in [-0.2, 0) is 14.3 Å². The summed E-state index contributed by atoms with van der Waals surface area (Å²) in [4.78, 5) is 27.1. The van der Waals surface area contributed by atoms with Crippen LogP contribution in [0.15, 0.2) is 33.6 Å². The van der Waals surface area contributed by atoms with Gasteiger partial charge in [-0.15, -0.1) is 11.8 Å². The largest absolute Gasteiger partial charge is 0.378 e. The Balaban J connectivity index is 1.71. The third-order valence-corrected chi connectivity index (χ3v) is 5.52. The van der Waals surface area contributed by atoms with E-state index in [9.17, 15) is 9.59 Å². The number of hydrogen-bond donors (Lipinski definition) is 1. The third kappa shape index (κ3) is 5.82. The molecule has 1 fully saturated rings. The van der Waals surface area contributed by atoms with Gasteiger partial charge in [0.05, 0.1) is 13.2 Å². The van der Waals surface area contributed by atoms with Crippen molar-refractivity contribution in [2.24, 2.45) is 0 Å². The monoisotopic (exact) mass is 400 g/mol. The van der Waals surface area contributed by atoms with Gasteiger partial charge >= 0.3 is 0 Å². The van der Waals surface area contributed by atoms with Crippen LogP contribution in [0.2, 0.25) is 0 Å². The number of ether oxygens (including phenoxy) is 1. The van der Waals surface area contributed by atoms with Crippen molar-refractivity contribution in [3.8, 4) is 0 Å². The quantitative estimate of drug-likeness (QED) is 0.744. The molecule has 2 amide bonds. The first-order valence-electron chi connectivity index (χ1n) is 7.61. The van der Waals surface area contributed by atoms with Crippen molar-refractivity contribution in [3.63, 3.8) is 0 Å². The molecule has 7 heteroatoms. The molecule has 1 N–H and O–H groups in total. The zero-order valence-corrected chi connectivity index (χ0v) is 15.5. The number of amides is 2. The first-order valence-corrected chi connectivity index (χ1v) is 9.39. The molecule has 1 aromatic rings. The summed E-state index contributed by atoms with van der Waals surface area (Å²) >= 11 is 5.10. The number of nitrogens with one attached hydrogen (secondary N) is 1. The van der Waals surface area contributed by atoms with Gasteiger partial charge in [-0.2, -0.15) is 0 Å². The van der Waals surface area contributed by atoms with Gasteiger partial charge in [0, 0.05) is 34.6 Å². The summed E-state index contributed by atoms with van der Waals surface area (Å²) < 4.78 is 6.26. The molecule has 0 spiro atoms. The van der Waals surface area contributed by atoms with E-state index in [-0.39, 0.29) is 11.8 Å². The lowest BCUT2D eigenvalue weighted by atomic mass is 10.2. The Kier molecular flexibility index (Phi) is 7.39. The zero-order valence-electron chi connectivity index (χ0n) is 13.1. The van der Waals surface area contributed by atoms with E-state index in [0.717, 1.165) is 9.37 Å². The van der Waals surface area contributed by atoms with E-state index in [4.69, 9.17) is 4.74 Å². The Morgan fingerprint density at radius 3 is 2.74 bits per heavy atom. The maximum absolute atomic E-state index is 12.2. The molecule has 0 unspecified atom stereocenters. The molecular weight excluding hydrogens is 380 g/mol. The number of carbonyl (C=O) groups is 2. The normalized spacial score (nSPS) is 16.0. The van der Waals surface area contributed by atoms with Gasteiger partial charge in [0.2, 0.25) is 11.8 Å². The molecule has 1 aliphatic heterocycles. The molecule has 23 heavy (non-hydrogen) atoms. The van der Waals surface area contributed by atoms with Crippen LogP contribution in [-0.4, -0.2) is 54.8 Å². The highest BCUT2D eigenvalue weighted by Crippen LogP contribution is 2.27. The molecule has 5 nitrogen and oxygen atoms in total. The van der Waals surface area contributed by atoms with Crippen molar-refractivity contribution >= 4 is 39.5 Å². The smallest absolute Gasteiger partial charge is 0.245 e. The van der Waals surface area contributed by atoms with E-state index < -0.39 is 6.04 Å². The SMILES string of the molecule is C[C@@H](NC(=O)CCSc1ccccc1Br)C(=O)N1CCOCC1. The Bertz CT molecular complexity index is 550. The van der Waals surface area contributed by atoms with E-state index in [0.29, 0.717) is 38.5 Å². The summed E-state index contributed by atoms with van der Waals surface area (Å²) in [6.07, 6.45) is 0.382. The summed E-state index contributed by atoms with van der Waals surface area (Å²) in [6, 6.07) is 7.42. The van der Waals surface area contributed by atoms with Gasteiger partial charge < -0.3 is 15.0 Å². The number of hydrogen-bond acceptors (Lipinski definition) is 4. The summed E-state index contributed by atoms with van der Waals surface area (Å²) in [5.41, 5.74) is 0. The number of rotatable bonds is 6. The summed E-state index contributed by atoms with van der Waals surface area (Å²) in [5.74, 6) is 0.533. The van der Waals surface area contributed by atoms with Crippen molar-refractivity contribution in [2.75, 3.05) is 32.1 Å². The molecule has 0 radical (unpaired) electrons. The molecule has 0 bridgehead atoms. The minimum absolute atomic E-state index is 0.0416. The average molecular weight is 401 g/mol. The van der Waals surface area contributed by atoms with E-state index >= 15 is 0 Å². The topological polar surface area (TPSA) is 58.6 Å². The molecule has 0 aliphatic carbocycles. The van der Waals surface area contributed by atoms with Crippen molar-refractivity contribution in [3.05, 3.63) is 28.7 Å². The highest BCUT2D eigenvalue weighted by atomic mass is 79.9. The molecule has 1 aliphatic rings. The van der Waals surface area contributed by atoms with Gasteiger partial charge in [-0.25, -0.2) is 0 Å². The second-order valence-electron chi connectivity index (χ2n) is 5.26. The van der Waals surface area contributed by atoms with Crippen molar-refractivity contribution in [2.45, 2.75) is 24.3 Å². The predicted molar refractivity (Wildman–Crippen MR) is 94.5 cm³/mol. The molecule has 126 valence electrons. The fourth-order valence-corrected chi connectivity index (χ4v) is 3.76. The van der Waals surface area contributed by atoms with Gasteiger partial charge in [-0.1, -0.05) is 12.1 Å². The third-order valence-electron chi connectivity index (χ3n) is 3.49. The number of benzene rings is 1. The van der Waals surface area contributed by atoms with Crippen LogP contribution in [0.3, 0.4) is 0 Å². The molecular formula is C16H21BrN2O3S. The van der Waals surface area contributed by atoms with Crippen molar-refractivity contribution < 1.29 is 14.3 Å². The van der Waals surface area contributed by atoms with E-state index in [1.165, 1.54) is 0 Å². The van der Waals surface area contributed by atoms with Crippen LogP contribution in [0.4, 0.5) is 0 Å². The van der Waals surface area contributed by atoms with Gasteiger partial charge in [0.25, 0.3) is 0 Å². The fraction of sp³-hybridized carbons (Fsp3) is 0.500. The standard InChI is InChI=1S/C16H21BrN2O3S/c1-12(16(21)19-7-9-22-10-8-19)18-15(20)6-11-23-14-5-3-2-4-13(14)17/h2-5,12H,6-11H2,1H3,(H,18,20)/t12-/m1/s1. The van der Waals surface area contributed by atoms with Crippen LogP contribution in [0, 0.1) is 0 Å². The number of carbonyl (C=O) groups excluding carboxylic acids is 2. The lowest BCUT2D eigenvalue weighted by Gasteiger charge is -2.29. The minimum atomic E-state index is -0.492. The van der Waals surface area contributed by atoms with Gasteiger partial charge in [-0.3, -0.25) is 9.59 Å². The van der Waals surface area contributed by atoms with Crippen LogP contribution in [0.5, 0.6) is 0 Å². The van der Waals surface area contributed by atoms with Gasteiger partial charge in [-0.05, 0) is 35.0 Å². The lowest BCUT2D eigenvalue weighted by molar-refractivity contribution is -0.139. The summed E-state index contributed by atoms with van der Waals surface area (Å²) in [5, 5.41) is 2.78. The number of nitrogens with zero attached hydrogens (tertiary/aromatic N) is 1. The zero-order chi connectivity index (χ0) is 16.7. The summed E-state index contributed by atoms with van der Waals surface area (Å²) in [6.45, 7) is 4.05. The van der Waals surface area contributed by atoms with Crippen LogP contribution >= 0.6 is 27.7 Å². The van der Waals surface area contributed by atoms with Crippen molar-refractivity contribution in [1.29, 1.82) is 0 Å². The van der Waals surface area contributed by atoms with Crippen LogP contribution < -0.4 is 5.32 Å². The second kappa shape index (κ2) is 9.30. The number of thioether (sulfide) groups is 1. The molecule has 1 atom stereocenters. The van der Waals surface area contributed by atoms with Crippen molar-refractivity contribution in [1.82, 2.24) is 10.2 Å². The van der Waals surface area contributed by atoms with E-state index in [1.807, 2.05) is 24.3 Å². The molecule has 1 aromatic carbocycles. The highest BCUT2D eigenvalue weighted by molar-refractivity contribution is 9.10. The first kappa shape index (κ1) is 18.3. The summed E-state index contributed by atoms with van der Waals surface area (Å²) in [7, 11) is 0. The van der Waals surface area contributed by atoms with E-state index in [2.05, 4.69) is 21.2 Å². The highest BCUT2D eigenvalue weighted by Gasteiger charge is 2.23. The Morgan fingerprint density at radius 1 is 1.35 bits per heavy atom.